The molecular formula is C14H12N2O. The molecule has 0 atom stereocenters. The number of aromatic nitrogens is 1. The third kappa shape index (κ3) is 2.26. The smallest absolute Gasteiger partial charge is 0.153 e. The van der Waals surface area contributed by atoms with Crippen molar-refractivity contribution in [1.29, 1.82) is 5.26 Å². The number of pyridine rings is 1. The molecule has 2 rings (SSSR count). The van der Waals surface area contributed by atoms with Crippen LogP contribution in [0, 0.1) is 11.3 Å². The van der Waals surface area contributed by atoms with Crippen molar-refractivity contribution in [1.82, 2.24) is 4.98 Å². The second-order valence-corrected chi connectivity index (χ2v) is 3.68. The SMILES string of the molecule is C/C=C(\C)c1ccc(-c2ccc(C#N)cn2)o1. The number of rotatable bonds is 2. The fraction of sp³-hybridized carbons (Fsp3) is 0.143. The Morgan fingerprint density at radius 2 is 2.18 bits per heavy atom. The summed E-state index contributed by atoms with van der Waals surface area (Å²) in [7, 11) is 0. The van der Waals surface area contributed by atoms with Crippen LogP contribution in [0.15, 0.2) is 41.0 Å². The van der Waals surface area contributed by atoms with E-state index in [0.29, 0.717) is 11.3 Å². The molecule has 84 valence electrons. The van der Waals surface area contributed by atoms with Crippen LogP contribution in [0.2, 0.25) is 0 Å². The molecule has 3 nitrogen and oxygen atoms in total. The van der Waals surface area contributed by atoms with Crippen molar-refractivity contribution in [2.24, 2.45) is 0 Å². The van der Waals surface area contributed by atoms with Gasteiger partial charge in [-0.25, -0.2) is 0 Å². The van der Waals surface area contributed by atoms with Gasteiger partial charge in [-0.2, -0.15) is 5.26 Å². The van der Waals surface area contributed by atoms with E-state index in [1.807, 2.05) is 38.1 Å². The van der Waals surface area contributed by atoms with Crippen molar-refractivity contribution in [3.63, 3.8) is 0 Å². The summed E-state index contributed by atoms with van der Waals surface area (Å²) in [5.41, 5.74) is 2.37. The summed E-state index contributed by atoms with van der Waals surface area (Å²) in [6.07, 6.45) is 3.54. The minimum Gasteiger partial charge on any atom is -0.455 e. The van der Waals surface area contributed by atoms with Crippen molar-refractivity contribution in [3.05, 3.63) is 47.9 Å². The first-order valence-corrected chi connectivity index (χ1v) is 5.34. The summed E-state index contributed by atoms with van der Waals surface area (Å²) in [5, 5.41) is 8.69. The van der Waals surface area contributed by atoms with Gasteiger partial charge in [-0.15, -0.1) is 0 Å². The topological polar surface area (TPSA) is 49.8 Å². The molecule has 0 aliphatic carbocycles. The van der Waals surface area contributed by atoms with E-state index in [9.17, 15) is 0 Å². The number of nitriles is 1. The van der Waals surface area contributed by atoms with E-state index in [0.717, 1.165) is 17.0 Å². The Hall–Kier alpha value is -2.34. The molecule has 0 fully saturated rings. The standard InChI is InChI=1S/C14H12N2O/c1-3-10(2)13-6-7-14(17-13)12-5-4-11(8-15)9-16-12/h3-7,9H,1-2H3/b10-3+. The van der Waals surface area contributed by atoms with Crippen molar-refractivity contribution in [3.8, 4) is 17.5 Å². The fourth-order valence-corrected chi connectivity index (χ4v) is 1.44. The Labute approximate surface area is 100 Å². The Morgan fingerprint density at radius 1 is 1.35 bits per heavy atom. The molecule has 2 heterocycles. The van der Waals surface area contributed by atoms with E-state index < -0.39 is 0 Å². The summed E-state index contributed by atoms with van der Waals surface area (Å²) < 4.78 is 5.68. The average molecular weight is 224 g/mol. The molecule has 0 bridgehead atoms. The Balaban J connectivity index is 2.34. The van der Waals surface area contributed by atoms with E-state index in [2.05, 4.69) is 4.98 Å². The number of furan rings is 1. The van der Waals surface area contributed by atoms with Gasteiger partial charge in [0.1, 0.15) is 17.5 Å². The summed E-state index contributed by atoms with van der Waals surface area (Å²) in [6, 6.07) is 9.36. The highest BCUT2D eigenvalue weighted by Gasteiger charge is 2.06. The highest BCUT2D eigenvalue weighted by Crippen LogP contribution is 2.24. The van der Waals surface area contributed by atoms with Gasteiger partial charge >= 0.3 is 0 Å². The predicted octanol–water partition coefficient (Wildman–Crippen LogP) is 3.64. The molecule has 0 N–H and O–H groups in total. The maximum atomic E-state index is 8.69. The zero-order valence-corrected chi connectivity index (χ0v) is 9.77. The van der Waals surface area contributed by atoms with Gasteiger partial charge in [-0.05, 0) is 43.7 Å². The molecule has 0 amide bonds. The van der Waals surface area contributed by atoms with Crippen LogP contribution in [-0.4, -0.2) is 4.98 Å². The lowest BCUT2D eigenvalue weighted by Crippen LogP contribution is -1.82. The summed E-state index contributed by atoms with van der Waals surface area (Å²) >= 11 is 0. The lowest BCUT2D eigenvalue weighted by atomic mass is 10.2. The monoisotopic (exact) mass is 224 g/mol. The molecule has 3 heteroatoms. The number of allylic oxidation sites excluding steroid dienone is 2. The third-order valence-corrected chi connectivity index (χ3v) is 2.57. The minimum absolute atomic E-state index is 0.546. The fourth-order valence-electron chi connectivity index (χ4n) is 1.44. The second-order valence-electron chi connectivity index (χ2n) is 3.68. The molecule has 0 aliphatic rings. The highest BCUT2D eigenvalue weighted by molar-refractivity contribution is 5.62. The van der Waals surface area contributed by atoms with Crippen LogP contribution in [-0.2, 0) is 0 Å². The van der Waals surface area contributed by atoms with Gasteiger partial charge < -0.3 is 4.42 Å². The van der Waals surface area contributed by atoms with Gasteiger partial charge in [0, 0.05) is 6.20 Å². The molecule has 2 aromatic heterocycles. The van der Waals surface area contributed by atoms with E-state index in [1.165, 1.54) is 0 Å². The van der Waals surface area contributed by atoms with Crippen LogP contribution in [0.4, 0.5) is 0 Å². The van der Waals surface area contributed by atoms with Crippen LogP contribution in [0.1, 0.15) is 25.2 Å². The average Bonchev–Trinajstić information content (AvgIpc) is 2.87. The lowest BCUT2D eigenvalue weighted by Gasteiger charge is -1.97. The Morgan fingerprint density at radius 3 is 2.76 bits per heavy atom. The third-order valence-electron chi connectivity index (χ3n) is 2.57. The molecule has 0 saturated carbocycles. The van der Waals surface area contributed by atoms with Gasteiger partial charge in [0.2, 0.25) is 0 Å². The maximum Gasteiger partial charge on any atom is 0.153 e. The van der Waals surface area contributed by atoms with Crippen LogP contribution in [0.5, 0.6) is 0 Å². The molecule has 0 radical (unpaired) electrons. The number of hydrogen-bond acceptors (Lipinski definition) is 3. The molecular weight excluding hydrogens is 212 g/mol. The highest BCUT2D eigenvalue weighted by atomic mass is 16.3. The van der Waals surface area contributed by atoms with E-state index in [4.69, 9.17) is 9.68 Å². The second kappa shape index (κ2) is 4.67. The zero-order valence-electron chi connectivity index (χ0n) is 9.77. The quantitative estimate of drug-likeness (QED) is 0.782. The van der Waals surface area contributed by atoms with Gasteiger partial charge in [0.15, 0.2) is 5.76 Å². The van der Waals surface area contributed by atoms with Crippen molar-refractivity contribution in [2.75, 3.05) is 0 Å². The van der Waals surface area contributed by atoms with Crippen LogP contribution < -0.4 is 0 Å². The molecule has 17 heavy (non-hydrogen) atoms. The van der Waals surface area contributed by atoms with Gasteiger partial charge in [0.25, 0.3) is 0 Å². The van der Waals surface area contributed by atoms with Crippen LogP contribution in [0.25, 0.3) is 17.0 Å². The van der Waals surface area contributed by atoms with Crippen molar-refractivity contribution in [2.45, 2.75) is 13.8 Å². The predicted molar refractivity (Wildman–Crippen MR) is 66.0 cm³/mol. The molecule has 0 spiro atoms. The Kier molecular flexibility index (Phi) is 3.06. The summed E-state index contributed by atoms with van der Waals surface area (Å²) in [6.45, 7) is 3.96. The summed E-state index contributed by atoms with van der Waals surface area (Å²) in [5.74, 6) is 1.55. The largest absolute Gasteiger partial charge is 0.455 e. The van der Waals surface area contributed by atoms with E-state index >= 15 is 0 Å². The molecule has 0 saturated heterocycles. The molecule has 2 aromatic rings. The number of hydrogen-bond donors (Lipinski definition) is 0. The van der Waals surface area contributed by atoms with Crippen LogP contribution >= 0.6 is 0 Å². The van der Waals surface area contributed by atoms with E-state index in [1.54, 1.807) is 18.3 Å². The molecule has 0 aromatic carbocycles. The first-order valence-electron chi connectivity index (χ1n) is 5.34. The number of nitrogens with zero attached hydrogens (tertiary/aromatic N) is 2. The minimum atomic E-state index is 0.546. The first kappa shape index (κ1) is 11.2. The molecule has 0 unspecified atom stereocenters. The normalized spacial score (nSPS) is 11.2. The lowest BCUT2D eigenvalue weighted by molar-refractivity contribution is 0.565. The van der Waals surface area contributed by atoms with Crippen molar-refractivity contribution < 1.29 is 4.42 Å². The molecule has 0 aliphatic heterocycles. The van der Waals surface area contributed by atoms with E-state index in [-0.39, 0.29) is 0 Å². The Bertz CT molecular complexity index is 585. The van der Waals surface area contributed by atoms with Gasteiger partial charge in [-0.1, -0.05) is 6.08 Å². The summed E-state index contributed by atoms with van der Waals surface area (Å²) in [4.78, 5) is 4.18. The van der Waals surface area contributed by atoms with Gasteiger partial charge in [-0.3, -0.25) is 4.98 Å². The zero-order chi connectivity index (χ0) is 12.3. The van der Waals surface area contributed by atoms with Gasteiger partial charge in [0.05, 0.1) is 5.56 Å². The maximum absolute atomic E-state index is 8.69. The van der Waals surface area contributed by atoms with Crippen LogP contribution in [0.3, 0.4) is 0 Å². The van der Waals surface area contributed by atoms with Crippen molar-refractivity contribution >= 4 is 5.57 Å². The first-order chi connectivity index (χ1) is 8.24.